The Morgan fingerprint density at radius 1 is 1.25 bits per heavy atom. The van der Waals surface area contributed by atoms with Crippen LogP contribution in [0.2, 0.25) is 5.15 Å². The van der Waals surface area contributed by atoms with E-state index in [0.717, 1.165) is 47.5 Å². The maximum absolute atomic E-state index is 6.05. The molecule has 0 aromatic carbocycles. The molecule has 1 saturated heterocycles. The topological polar surface area (TPSA) is 53.9 Å². The molecule has 4 rings (SSSR count). The minimum absolute atomic E-state index is 0.441. The molecule has 1 atom stereocenters. The Labute approximate surface area is 145 Å². The van der Waals surface area contributed by atoms with Crippen molar-refractivity contribution >= 4 is 28.2 Å². The predicted molar refractivity (Wildman–Crippen MR) is 97.5 cm³/mol. The average Bonchev–Trinajstić information content (AvgIpc) is 2.61. The largest absolute Gasteiger partial charge is 0.353 e. The highest BCUT2D eigenvalue weighted by molar-refractivity contribution is 6.29. The summed E-state index contributed by atoms with van der Waals surface area (Å²) in [4.78, 5) is 15.6. The summed E-state index contributed by atoms with van der Waals surface area (Å²) in [7, 11) is 0. The summed E-state index contributed by atoms with van der Waals surface area (Å²) in [5, 5.41) is 6.15. The SMILES string of the molecule is CC1CN(c2nc(-c3ccnc(Cl)c3)cc3cnccc23)CCN1. The van der Waals surface area contributed by atoms with Gasteiger partial charge in [-0.15, -0.1) is 0 Å². The van der Waals surface area contributed by atoms with E-state index in [1.807, 2.05) is 30.6 Å². The van der Waals surface area contributed by atoms with E-state index in [4.69, 9.17) is 16.6 Å². The fourth-order valence-electron chi connectivity index (χ4n) is 3.15. The summed E-state index contributed by atoms with van der Waals surface area (Å²) in [6, 6.07) is 8.31. The van der Waals surface area contributed by atoms with Crippen molar-refractivity contribution in [3.05, 3.63) is 48.0 Å². The molecule has 3 aromatic rings. The Kier molecular flexibility index (Phi) is 4.04. The number of fused-ring (bicyclic) bond motifs is 1. The standard InChI is InChI=1S/C18H18ClN5/c1-12-11-24(7-6-21-12)18-15-3-4-20-10-14(15)8-16(23-18)13-2-5-22-17(19)9-13/h2-5,8-10,12,21H,6-7,11H2,1H3. The second-order valence-electron chi connectivity index (χ2n) is 6.10. The first-order valence-corrected chi connectivity index (χ1v) is 8.43. The van der Waals surface area contributed by atoms with Crippen LogP contribution in [0, 0.1) is 0 Å². The van der Waals surface area contributed by atoms with Gasteiger partial charge < -0.3 is 10.2 Å². The normalized spacial score (nSPS) is 18.1. The molecule has 122 valence electrons. The van der Waals surface area contributed by atoms with Gasteiger partial charge in [-0.1, -0.05) is 11.6 Å². The van der Waals surface area contributed by atoms with Gasteiger partial charge in [0.1, 0.15) is 11.0 Å². The van der Waals surface area contributed by atoms with E-state index in [9.17, 15) is 0 Å². The number of pyridine rings is 3. The van der Waals surface area contributed by atoms with Gasteiger partial charge in [0.25, 0.3) is 0 Å². The monoisotopic (exact) mass is 339 g/mol. The van der Waals surface area contributed by atoms with Crippen LogP contribution in [-0.2, 0) is 0 Å². The van der Waals surface area contributed by atoms with Crippen LogP contribution in [0.25, 0.3) is 22.0 Å². The van der Waals surface area contributed by atoms with Crippen molar-refractivity contribution in [3.8, 4) is 11.3 Å². The summed E-state index contributed by atoms with van der Waals surface area (Å²) < 4.78 is 0. The van der Waals surface area contributed by atoms with Crippen LogP contribution in [0.5, 0.6) is 0 Å². The predicted octanol–water partition coefficient (Wildman–Crippen LogP) is 3.14. The molecule has 0 spiro atoms. The minimum Gasteiger partial charge on any atom is -0.353 e. The zero-order valence-corrected chi connectivity index (χ0v) is 14.2. The second-order valence-corrected chi connectivity index (χ2v) is 6.48. The Morgan fingerprint density at radius 2 is 2.17 bits per heavy atom. The van der Waals surface area contributed by atoms with Crippen molar-refractivity contribution in [2.24, 2.45) is 0 Å². The fourth-order valence-corrected chi connectivity index (χ4v) is 3.33. The van der Waals surface area contributed by atoms with Crippen LogP contribution >= 0.6 is 11.6 Å². The van der Waals surface area contributed by atoms with Crippen molar-refractivity contribution in [1.29, 1.82) is 0 Å². The molecular weight excluding hydrogens is 322 g/mol. The van der Waals surface area contributed by atoms with Gasteiger partial charge in [0.05, 0.1) is 5.69 Å². The van der Waals surface area contributed by atoms with Crippen molar-refractivity contribution in [2.45, 2.75) is 13.0 Å². The lowest BCUT2D eigenvalue weighted by molar-refractivity contribution is 0.483. The number of anilines is 1. The molecular formula is C18H18ClN5. The summed E-state index contributed by atoms with van der Waals surface area (Å²) in [5.74, 6) is 1.01. The van der Waals surface area contributed by atoms with E-state index in [-0.39, 0.29) is 0 Å². The zero-order valence-electron chi connectivity index (χ0n) is 13.4. The molecule has 0 radical (unpaired) electrons. The van der Waals surface area contributed by atoms with Crippen molar-refractivity contribution in [1.82, 2.24) is 20.3 Å². The van der Waals surface area contributed by atoms with Gasteiger partial charge >= 0.3 is 0 Å². The molecule has 6 heteroatoms. The van der Waals surface area contributed by atoms with Gasteiger partial charge in [-0.05, 0) is 31.2 Å². The number of hydrogen-bond acceptors (Lipinski definition) is 5. The Morgan fingerprint density at radius 3 is 3.00 bits per heavy atom. The highest BCUT2D eigenvalue weighted by atomic mass is 35.5. The van der Waals surface area contributed by atoms with E-state index in [2.05, 4.69) is 33.2 Å². The van der Waals surface area contributed by atoms with Gasteiger partial charge in [-0.2, -0.15) is 0 Å². The van der Waals surface area contributed by atoms with Crippen molar-refractivity contribution in [2.75, 3.05) is 24.5 Å². The first-order valence-electron chi connectivity index (χ1n) is 8.06. The quantitative estimate of drug-likeness (QED) is 0.727. The third-order valence-corrected chi connectivity index (χ3v) is 4.51. The number of piperazine rings is 1. The molecule has 0 saturated carbocycles. The van der Waals surface area contributed by atoms with Crippen LogP contribution in [0.3, 0.4) is 0 Å². The van der Waals surface area contributed by atoms with Gasteiger partial charge in [0.15, 0.2) is 0 Å². The lowest BCUT2D eigenvalue weighted by Crippen LogP contribution is -2.49. The minimum atomic E-state index is 0.441. The number of hydrogen-bond donors (Lipinski definition) is 1. The Balaban J connectivity index is 1.88. The number of aromatic nitrogens is 3. The van der Waals surface area contributed by atoms with Crippen LogP contribution in [0.1, 0.15) is 6.92 Å². The van der Waals surface area contributed by atoms with Gasteiger partial charge in [-0.25, -0.2) is 9.97 Å². The Hall–Kier alpha value is -2.24. The highest BCUT2D eigenvalue weighted by Gasteiger charge is 2.20. The second kappa shape index (κ2) is 6.34. The first kappa shape index (κ1) is 15.3. The van der Waals surface area contributed by atoms with Crippen LogP contribution < -0.4 is 10.2 Å². The molecule has 1 fully saturated rings. The number of halogens is 1. The maximum atomic E-state index is 6.05. The first-order chi connectivity index (χ1) is 11.7. The van der Waals surface area contributed by atoms with E-state index in [1.54, 1.807) is 6.20 Å². The van der Waals surface area contributed by atoms with E-state index in [1.165, 1.54) is 0 Å². The molecule has 0 amide bonds. The van der Waals surface area contributed by atoms with E-state index in [0.29, 0.717) is 11.2 Å². The lowest BCUT2D eigenvalue weighted by atomic mass is 10.1. The van der Waals surface area contributed by atoms with Crippen LogP contribution in [-0.4, -0.2) is 40.6 Å². The lowest BCUT2D eigenvalue weighted by Gasteiger charge is -2.33. The third kappa shape index (κ3) is 2.92. The molecule has 0 aliphatic carbocycles. The van der Waals surface area contributed by atoms with Crippen molar-refractivity contribution < 1.29 is 0 Å². The molecule has 3 aromatic heterocycles. The number of nitrogens with one attached hydrogen (secondary N) is 1. The molecule has 0 bridgehead atoms. The molecule has 4 heterocycles. The molecule has 1 unspecified atom stereocenters. The maximum Gasteiger partial charge on any atom is 0.137 e. The van der Waals surface area contributed by atoms with Gasteiger partial charge in [0, 0.05) is 60.6 Å². The smallest absolute Gasteiger partial charge is 0.137 e. The molecule has 1 aliphatic heterocycles. The number of nitrogens with zero attached hydrogens (tertiary/aromatic N) is 4. The molecule has 1 aliphatic rings. The summed E-state index contributed by atoms with van der Waals surface area (Å²) in [6.07, 6.45) is 5.42. The summed E-state index contributed by atoms with van der Waals surface area (Å²) in [6.45, 7) is 5.03. The van der Waals surface area contributed by atoms with Crippen molar-refractivity contribution in [3.63, 3.8) is 0 Å². The van der Waals surface area contributed by atoms with Gasteiger partial charge in [-0.3, -0.25) is 4.98 Å². The number of rotatable bonds is 2. The summed E-state index contributed by atoms with van der Waals surface area (Å²) in [5.41, 5.74) is 1.85. The van der Waals surface area contributed by atoms with Crippen LogP contribution in [0.4, 0.5) is 5.82 Å². The molecule has 5 nitrogen and oxygen atoms in total. The molecule has 1 N–H and O–H groups in total. The zero-order chi connectivity index (χ0) is 16.5. The average molecular weight is 340 g/mol. The van der Waals surface area contributed by atoms with E-state index < -0.39 is 0 Å². The summed E-state index contributed by atoms with van der Waals surface area (Å²) >= 11 is 6.05. The third-order valence-electron chi connectivity index (χ3n) is 4.30. The fraction of sp³-hybridized carbons (Fsp3) is 0.278. The Bertz CT molecular complexity index is 882. The van der Waals surface area contributed by atoms with Gasteiger partial charge in [0.2, 0.25) is 0 Å². The van der Waals surface area contributed by atoms with E-state index >= 15 is 0 Å². The highest BCUT2D eigenvalue weighted by Crippen LogP contribution is 2.30. The van der Waals surface area contributed by atoms with Crippen LogP contribution in [0.15, 0.2) is 42.9 Å². The molecule has 24 heavy (non-hydrogen) atoms.